The molecular weight excluding hydrogens is 296 g/mol. The highest BCUT2D eigenvalue weighted by Crippen LogP contribution is 2.29. The maximum absolute atomic E-state index is 12.1. The van der Waals surface area contributed by atoms with Gasteiger partial charge in [-0.2, -0.15) is 0 Å². The lowest BCUT2D eigenvalue weighted by Crippen LogP contribution is -2.25. The third-order valence-corrected chi connectivity index (χ3v) is 4.66. The fourth-order valence-corrected chi connectivity index (χ4v) is 3.33. The highest BCUT2D eigenvalue weighted by molar-refractivity contribution is 7.09. The molecule has 2 amide bonds. The number of anilines is 2. The zero-order valence-electron chi connectivity index (χ0n) is 12.2. The molecule has 2 heterocycles. The van der Waals surface area contributed by atoms with Gasteiger partial charge in [-0.15, -0.1) is 11.3 Å². The van der Waals surface area contributed by atoms with Crippen LogP contribution in [-0.2, 0) is 16.0 Å². The van der Waals surface area contributed by atoms with Crippen molar-refractivity contribution in [2.75, 3.05) is 16.8 Å². The van der Waals surface area contributed by atoms with Crippen molar-refractivity contribution in [2.24, 2.45) is 0 Å². The van der Waals surface area contributed by atoms with E-state index < -0.39 is 0 Å². The first-order valence-corrected chi connectivity index (χ1v) is 8.33. The van der Waals surface area contributed by atoms with Crippen LogP contribution in [0.2, 0.25) is 0 Å². The summed E-state index contributed by atoms with van der Waals surface area (Å²) in [5.74, 6) is 0.104. The van der Waals surface area contributed by atoms with E-state index >= 15 is 0 Å². The lowest BCUT2D eigenvalue weighted by Gasteiger charge is -2.19. The van der Waals surface area contributed by atoms with E-state index in [1.807, 2.05) is 41.8 Å². The van der Waals surface area contributed by atoms with Gasteiger partial charge in [0, 0.05) is 24.3 Å². The molecule has 1 aliphatic rings. The molecule has 1 aromatic carbocycles. The molecule has 1 aliphatic heterocycles. The number of rotatable bonds is 5. The summed E-state index contributed by atoms with van der Waals surface area (Å²) < 4.78 is 0. The number of nitrogens with one attached hydrogen (secondary N) is 1. The van der Waals surface area contributed by atoms with Gasteiger partial charge in [0.25, 0.3) is 0 Å². The lowest BCUT2D eigenvalue weighted by molar-refractivity contribution is -0.117. The molecular formula is C17H18N2O2S. The van der Waals surface area contributed by atoms with E-state index in [0.29, 0.717) is 18.5 Å². The second-order valence-corrected chi connectivity index (χ2v) is 6.33. The third kappa shape index (κ3) is 3.36. The van der Waals surface area contributed by atoms with E-state index in [0.717, 1.165) is 25.1 Å². The van der Waals surface area contributed by atoms with Crippen molar-refractivity contribution in [3.05, 3.63) is 46.7 Å². The molecule has 114 valence electrons. The SMILES string of the molecule is O=C(CCc1cccs1)Nc1ccccc1N1CCCC1=O. The Morgan fingerprint density at radius 3 is 2.82 bits per heavy atom. The lowest BCUT2D eigenvalue weighted by atomic mass is 10.2. The van der Waals surface area contributed by atoms with Crippen molar-refractivity contribution in [1.29, 1.82) is 0 Å². The largest absolute Gasteiger partial charge is 0.324 e. The minimum absolute atomic E-state index is 0.0208. The van der Waals surface area contributed by atoms with Crippen molar-refractivity contribution in [3.8, 4) is 0 Å². The number of hydrogen-bond acceptors (Lipinski definition) is 3. The van der Waals surface area contributed by atoms with Gasteiger partial charge >= 0.3 is 0 Å². The van der Waals surface area contributed by atoms with Crippen molar-refractivity contribution in [1.82, 2.24) is 0 Å². The molecule has 1 aromatic heterocycles. The van der Waals surface area contributed by atoms with Crippen LogP contribution in [0.25, 0.3) is 0 Å². The predicted octanol–water partition coefficient (Wildman–Crippen LogP) is 3.45. The monoisotopic (exact) mass is 314 g/mol. The molecule has 4 nitrogen and oxygen atoms in total. The molecule has 0 saturated carbocycles. The van der Waals surface area contributed by atoms with Crippen LogP contribution in [0.15, 0.2) is 41.8 Å². The number of carbonyl (C=O) groups is 2. The van der Waals surface area contributed by atoms with Gasteiger partial charge in [-0.05, 0) is 36.4 Å². The number of nitrogens with zero attached hydrogens (tertiary/aromatic N) is 1. The fraction of sp³-hybridized carbons (Fsp3) is 0.294. The predicted molar refractivity (Wildman–Crippen MR) is 89.3 cm³/mol. The van der Waals surface area contributed by atoms with Crippen molar-refractivity contribution in [2.45, 2.75) is 25.7 Å². The molecule has 1 saturated heterocycles. The maximum Gasteiger partial charge on any atom is 0.227 e. The van der Waals surface area contributed by atoms with Crippen LogP contribution in [0, 0.1) is 0 Å². The summed E-state index contributed by atoms with van der Waals surface area (Å²) in [6.45, 7) is 0.723. The summed E-state index contributed by atoms with van der Waals surface area (Å²) >= 11 is 1.66. The number of aryl methyl sites for hydroxylation is 1. The molecule has 0 aliphatic carbocycles. The van der Waals surface area contributed by atoms with E-state index in [9.17, 15) is 9.59 Å². The molecule has 0 unspecified atom stereocenters. The summed E-state index contributed by atoms with van der Waals surface area (Å²) in [6, 6.07) is 11.5. The Morgan fingerprint density at radius 2 is 2.09 bits per heavy atom. The average Bonchev–Trinajstić information content (AvgIpc) is 3.17. The Hall–Kier alpha value is -2.14. The minimum atomic E-state index is -0.0208. The van der Waals surface area contributed by atoms with E-state index in [1.54, 1.807) is 16.2 Å². The average molecular weight is 314 g/mol. The van der Waals surface area contributed by atoms with Crippen LogP contribution in [-0.4, -0.2) is 18.4 Å². The molecule has 1 N–H and O–H groups in total. The zero-order valence-corrected chi connectivity index (χ0v) is 13.1. The Morgan fingerprint density at radius 1 is 1.23 bits per heavy atom. The van der Waals surface area contributed by atoms with Crippen molar-refractivity contribution >= 4 is 34.5 Å². The molecule has 0 bridgehead atoms. The summed E-state index contributed by atoms with van der Waals surface area (Å²) in [7, 11) is 0. The second kappa shape index (κ2) is 6.75. The fourth-order valence-electron chi connectivity index (χ4n) is 2.62. The smallest absolute Gasteiger partial charge is 0.227 e. The van der Waals surface area contributed by atoms with Gasteiger partial charge in [-0.3, -0.25) is 9.59 Å². The Labute approximate surface area is 133 Å². The van der Waals surface area contributed by atoms with Crippen LogP contribution >= 0.6 is 11.3 Å². The number of para-hydroxylation sites is 2. The van der Waals surface area contributed by atoms with Crippen molar-refractivity contribution in [3.63, 3.8) is 0 Å². The molecule has 0 spiro atoms. The Kier molecular flexibility index (Phi) is 4.53. The number of amides is 2. The summed E-state index contributed by atoms with van der Waals surface area (Å²) in [6.07, 6.45) is 2.65. The first-order chi connectivity index (χ1) is 10.7. The molecule has 0 radical (unpaired) electrons. The van der Waals surface area contributed by atoms with Crippen LogP contribution in [0.3, 0.4) is 0 Å². The van der Waals surface area contributed by atoms with Gasteiger partial charge in [0.2, 0.25) is 11.8 Å². The zero-order chi connectivity index (χ0) is 15.4. The highest BCUT2D eigenvalue weighted by Gasteiger charge is 2.24. The highest BCUT2D eigenvalue weighted by atomic mass is 32.1. The van der Waals surface area contributed by atoms with Crippen molar-refractivity contribution < 1.29 is 9.59 Å². The molecule has 2 aromatic rings. The van der Waals surface area contributed by atoms with Gasteiger partial charge in [-0.1, -0.05) is 18.2 Å². The standard InChI is InChI=1S/C17H18N2O2S/c20-16(10-9-13-5-4-12-22-13)18-14-6-1-2-7-15(14)19-11-3-8-17(19)21/h1-2,4-7,12H,3,8-11H2,(H,18,20). The van der Waals surface area contributed by atoms with E-state index in [4.69, 9.17) is 0 Å². The molecule has 3 rings (SSSR count). The first kappa shape index (κ1) is 14.8. The summed E-state index contributed by atoms with van der Waals surface area (Å²) in [5.41, 5.74) is 1.52. The first-order valence-electron chi connectivity index (χ1n) is 7.45. The van der Waals surface area contributed by atoms with E-state index in [-0.39, 0.29) is 11.8 Å². The van der Waals surface area contributed by atoms with Gasteiger partial charge in [-0.25, -0.2) is 0 Å². The van der Waals surface area contributed by atoms with Gasteiger partial charge in [0.1, 0.15) is 0 Å². The quantitative estimate of drug-likeness (QED) is 0.919. The number of thiophene rings is 1. The number of carbonyl (C=O) groups excluding carboxylic acids is 2. The summed E-state index contributed by atoms with van der Waals surface area (Å²) in [5, 5.41) is 4.96. The number of hydrogen-bond donors (Lipinski definition) is 1. The summed E-state index contributed by atoms with van der Waals surface area (Å²) in [4.78, 5) is 27.0. The van der Waals surface area contributed by atoms with Crippen LogP contribution in [0.5, 0.6) is 0 Å². The topological polar surface area (TPSA) is 49.4 Å². The Balaban J connectivity index is 1.67. The second-order valence-electron chi connectivity index (χ2n) is 5.29. The number of benzene rings is 1. The van der Waals surface area contributed by atoms with Crippen LogP contribution < -0.4 is 10.2 Å². The van der Waals surface area contributed by atoms with Crippen LogP contribution in [0.1, 0.15) is 24.1 Å². The van der Waals surface area contributed by atoms with E-state index in [1.165, 1.54) is 4.88 Å². The minimum Gasteiger partial charge on any atom is -0.324 e. The maximum atomic E-state index is 12.1. The van der Waals surface area contributed by atoms with Gasteiger partial charge in [0.05, 0.1) is 11.4 Å². The normalized spacial score (nSPS) is 14.4. The third-order valence-electron chi connectivity index (χ3n) is 3.72. The molecule has 1 fully saturated rings. The van der Waals surface area contributed by atoms with Gasteiger partial charge < -0.3 is 10.2 Å². The molecule has 0 atom stereocenters. The van der Waals surface area contributed by atoms with Crippen LogP contribution in [0.4, 0.5) is 11.4 Å². The van der Waals surface area contributed by atoms with Gasteiger partial charge in [0.15, 0.2) is 0 Å². The van der Waals surface area contributed by atoms with E-state index in [2.05, 4.69) is 5.32 Å². The molecule has 22 heavy (non-hydrogen) atoms. The Bertz CT molecular complexity index is 667. The molecule has 5 heteroatoms.